The fourth-order valence-corrected chi connectivity index (χ4v) is 1.13. The van der Waals surface area contributed by atoms with E-state index in [1.54, 1.807) is 4.90 Å². The van der Waals surface area contributed by atoms with Crippen LogP contribution in [0.5, 0.6) is 0 Å². The van der Waals surface area contributed by atoms with Crippen molar-refractivity contribution in [2.75, 3.05) is 46.0 Å². The predicted octanol–water partition coefficient (Wildman–Crippen LogP) is -5.86. The average Bonchev–Trinajstić information content (AvgIpc) is 2.37. The molecule has 0 saturated carbocycles. The van der Waals surface area contributed by atoms with E-state index in [1.807, 2.05) is 0 Å². The zero-order valence-electron chi connectivity index (χ0n) is 11.1. The Morgan fingerprint density at radius 1 is 0.950 bits per heavy atom. The van der Waals surface area contributed by atoms with Crippen molar-refractivity contribution in [2.45, 2.75) is 12.8 Å². The van der Waals surface area contributed by atoms with Gasteiger partial charge >= 0.3 is 0 Å². The molecule has 8 nitrogen and oxygen atoms in total. The van der Waals surface area contributed by atoms with Crippen LogP contribution in [0.2, 0.25) is 0 Å². The van der Waals surface area contributed by atoms with E-state index in [0.29, 0.717) is 19.6 Å². The molecule has 0 spiro atoms. The quantitative estimate of drug-likeness (QED) is 0.293. The van der Waals surface area contributed by atoms with Crippen LogP contribution in [0.4, 0.5) is 0 Å². The lowest BCUT2D eigenvalue weighted by Gasteiger charge is -2.17. The summed E-state index contributed by atoms with van der Waals surface area (Å²) in [6.07, 6.45) is -0.139. The van der Waals surface area contributed by atoms with E-state index in [1.165, 1.54) is 0 Å². The Morgan fingerprint density at radius 3 is 1.60 bits per heavy atom. The zero-order chi connectivity index (χ0) is 15.1. The van der Waals surface area contributed by atoms with Gasteiger partial charge in [0.15, 0.2) is 5.78 Å². The van der Waals surface area contributed by atoms with E-state index in [4.69, 9.17) is 15.3 Å². The molecule has 0 heterocycles. The molecule has 0 radical (unpaired) electrons. The van der Waals surface area contributed by atoms with Crippen LogP contribution in [-0.4, -0.2) is 86.4 Å². The number of carboxylic acid groups (broad SMARTS) is 1. The smallest absolute Gasteiger partial charge is 0.187 e. The maximum atomic E-state index is 10.4. The Morgan fingerprint density at radius 2 is 1.35 bits per heavy atom. The first-order valence-electron chi connectivity index (χ1n) is 6.07. The van der Waals surface area contributed by atoms with Crippen LogP contribution in [0, 0.1) is 0 Å². The van der Waals surface area contributed by atoms with Gasteiger partial charge in [-0.05, 0) is 6.42 Å². The SMILES string of the molecule is OCCN(CCO)CCO.[BH4-].[NH3+]CC(=O)CCC(=O)[O-]. The van der Waals surface area contributed by atoms with Crippen LogP contribution in [0.25, 0.3) is 0 Å². The molecule has 0 aliphatic carbocycles. The molecule has 0 aliphatic heterocycles. The first-order valence-corrected chi connectivity index (χ1v) is 6.07. The summed E-state index contributed by atoms with van der Waals surface area (Å²) in [6.45, 7) is 1.91. The molecule has 0 aromatic carbocycles. The summed E-state index contributed by atoms with van der Waals surface area (Å²) in [5.41, 5.74) is 3.30. The fourth-order valence-electron chi connectivity index (χ4n) is 1.13. The largest absolute Gasteiger partial charge is 0.550 e. The summed E-state index contributed by atoms with van der Waals surface area (Å²) in [6, 6.07) is 0. The summed E-state index contributed by atoms with van der Waals surface area (Å²) >= 11 is 0. The van der Waals surface area contributed by atoms with Gasteiger partial charge in [-0.1, -0.05) is 8.41 Å². The Hall–Kier alpha value is -0.995. The minimum absolute atomic E-state index is 0. The highest BCUT2D eigenvalue weighted by Crippen LogP contribution is 1.85. The van der Waals surface area contributed by atoms with Crippen molar-refractivity contribution in [3.8, 4) is 0 Å². The number of ketones is 1. The van der Waals surface area contributed by atoms with Gasteiger partial charge < -0.3 is 31.0 Å². The van der Waals surface area contributed by atoms with Gasteiger partial charge in [-0.15, -0.1) is 0 Å². The third kappa shape index (κ3) is 19.3. The first kappa shape index (κ1) is 24.1. The van der Waals surface area contributed by atoms with Gasteiger partial charge in [0.05, 0.1) is 19.8 Å². The molecule has 0 unspecified atom stereocenters. The molecule has 6 N–H and O–H groups in total. The van der Waals surface area contributed by atoms with Crippen molar-refractivity contribution in [3.63, 3.8) is 0 Å². The summed E-state index contributed by atoms with van der Waals surface area (Å²) in [7, 11) is 0. The topological polar surface area (TPSA) is 149 Å². The molecule has 20 heavy (non-hydrogen) atoms. The van der Waals surface area contributed by atoms with Crippen LogP contribution in [0.15, 0.2) is 0 Å². The van der Waals surface area contributed by atoms with Gasteiger partial charge in [-0.2, -0.15) is 0 Å². The van der Waals surface area contributed by atoms with E-state index >= 15 is 0 Å². The third-order valence-electron chi connectivity index (χ3n) is 2.14. The second-order valence-electron chi connectivity index (χ2n) is 3.67. The number of Topliss-reactive ketones (excluding diaryl/α,β-unsaturated/α-hetero) is 1. The number of aliphatic carboxylic acids is 1. The molecule has 0 amide bonds. The molecule has 0 aliphatic rings. The standard InChI is InChI=1S/C6H15NO3.C5H9NO3.BH4/c8-4-1-7(2-5-9)3-6-10;6-3-4(7)1-2-5(8)9;/h8-10H,1-6H2;1-3,6H2,(H,8,9);1H4/q;;-1. The lowest BCUT2D eigenvalue weighted by atomic mass is 10.2. The molecule has 0 aromatic heterocycles. The van der Waals surface area contributed by atoms with Crippen LogP contribution < -0.4 is 10.8 Å². The van der Waals surface area contributed by atoms with Gasteiger partial charge in [-0.3, -0.25) is 9.69 Å². The number of aliphatic hydroxyl groups excluding tert-OH is 3. The summed E-state index contributed by atoms with van der Waals surface area (Å²) in [5.74, 6) is -1.32. The molecule has 9 heteroatoms. The maximum Gasteiger partial charge on any atom is 0.187 e. The number of hydrogen-bond acceptors (Lipinski definition) is 7. The molecule has 0 aromatic rings. The van der Waals surface area contributed by atoms with Gasteiger partial charge in [0, 0.05) is 32.0 Å². The number of carbonyl (C=O) groups excluding carboxylic acids is 2. The number of quaternary nitrogens is 1. The van der Waals surface area contributed by atoms with Gasteiger partial charge in [0.25, 0.3) is 0 Å². The third-order valence-corrected chi connectivity index (χ3v) is 2.14. The minimum atomic E-state index is -1.18. The van der Waals surface area contributed by atoms with Gasteiger partial charge in [0.2, 0.25) is 0 Å². The Balaban J connectivity index is -0.000000277. The van der Waals surface area contributed by atoms with Gasteiger partial charge in [0.1, 0.15) is 6.54 Å². The van der Waals surface area contributed by atoms with Crippen molar-refractivity contribution in [1.29, 1.82) is 0 Å². The second-order valence-corrected chi connectivity index (χ2v) is 3.67. The highest BCUT2D eigenvalue weighted by molar-refractivity contribution is 5.82. The summed E-state index contributed by atoms with van der Waals surface area (Å²) in [5, 5.41) is 35.2. The number of hydrogen-bond donors (Lipinski definition) is 4. The Kier molecular flexibility index (Phi) is 21.7. The van der Waals surface area contributed by atoms with Crippen LogP contribution in [0.1, 0.15) is 12.8 Å². The van der Waals surface area contributed by atoms with Crippen molar-refractivity contribution in [1.82, 2.24) is 4.90 Å². The lowest BCUT2D eigenvalue weighted by molar-refractivity contribution is -0.354. The Bertz CT molecular complexity index is 229. The second kappa shape index (κ2) is 18.0. The van der Waals surface area contributed by atoms with Crippen LogP contribution in [0.3, 0.4) is 0 Å². The summed E-state index contributed by atoms with van der Waals surface area (Å²) in [4.78, 5) is 21.9. The monoisotopic (exact) mass is 295 g/mol. The number of carboxylic acids is 1. The van der Waals surface area contributed by atoms with Crippen molar-refractivity contribution in [3.05, 3.63) is 0 Å². The highest BCUT2D eigenvalue weighted by atomic mass is 16.4. The fraction of sp³-hybridized carbons (Fsp3) is 0.818. The molecule has 0 bridgehead atoms. The van der Waals surface area contributed by atoms with Gasteiger partial charge in [-0.25, -0.2) is 0 Å². The minimum Gasteiger partial charge on any atom is -0.550 e. The van der Waals surface area contributed by atoms with Crippen molar-refractivity contribution >= 4 is 20.2 Å². The van der Waals surface area contributed by atoms with Crippen LogP contribution >= 0.6 is 0 Å². The predicted molar refractivity (Wildman–Crippen MR) is 76.0 cm³/mol. The molecule has 122 valence electrons. The molecule has 0 atom stereocenters. The number of nitrogens with zero attached hydrogens (tertiary/aromatic N) is 1. The van der Waals surface area contributed by atoms with Crippen molar-refractivity contribution in [2.24, 2.45) is 0 Å². The zero-order valence-corrected chi connectivity index (χ0v) is 11.1. The van der Waals surface area contributed by atoms with Crippen molar-refractivity contribution < 1.29 is 35.7 Å². The average molecular weight is 295 g/mol. The van der Waals surface area contributed by atoms with E-state index in [9.17, 15) is 14.7 Å². The first-order chi connectivity index (χ1) is 9.01. The lowest BCUT2D eigenvalue weighted by Crippen LogP contribution is -2.54. The molecule has 0 fully saturated rings. The van der Waals surface area contributed by atoms with Crippen LogP contribution in [-0.2, 0) is 9.59 Å². The normalized spacial score (nSPS) is 9.45. The summed E-state index contributed by atoms with van der Waals surface area (Å²) < 4.78 is 0. The Labute approximate surface area is 120 Å². The molecule has 0 saturated heterocycles. The molecular formula is C11H28BN2O6-. The molecular weight excluding hydrogens is 267 g/mol. The highest BCUT2D eigenvalue weighted by Gasteiger charge is 2.00. The van der Waals surface area contributed by atoms with E-state index in [-0.39, 0.29) is 53.4 Å². The number of carbonyl (C=O) groups is 2. The van der Waals surface area contributed by atoms with E-state index in [2.05, 4.69) is 5.73 Å². The maximum absolute atomic E-state index is 10.4. The van der Waals surface area contributed by atoms with E-state index < -0.39 is 5.97 Å². The number of aliphatic hydroxyl groups is 3. The number of rotatable bonds is 10. The van der Waals surface area contributed by atoms with E-state index in [0.717, 1.165) is 0 Å². The molecule has 0 rings (SSSR count).